The second-order valence-corrected chi connectivity index (χ2v) is 5.94. The van der Waals surface area contributed by atoms with Gasteiger partial charge in [-0.2, -0.15) is 11.8 Å². The van der Waals surface area contributed by atoms with Gasteiger partial charge in [0.1, 0.15) is 5.75 Å². The van der Waals surface area contributed by atoms with Crippen LogP contribution in [0.5, 0.6) is 5.75 Å². The average molecular weight is 280 g/mol. The lowest BCUT2D eigenvalue weighted by Crippen LogP contribution is -2.31. The maximum absolute atomic E-state index is 12.1. The molecule has 0 saturated carbocycles. The summed E-state index contributed by atoms with van der Waals surface area (Å²) >= 11 is 1.99. The van der Waals surface area contributed by atoms with Gasteiger partial charge in [-0.15, -0.1) is 0 Å². The van der Waals surface area contributed by atoms with Gasteiger partial charge < -0.3 is 15.8 Å². The van der Waals surface area contributed by atoms with Gasteiger partial charge in [0.15, 0.2) is 0 Å². The van der Waals surface area contributed by atoms with Crippen molar-refractivity contribution in [2.45, 2.75) is 12.8 Å². The van der Waals surface area contributed by atoms with E-state index in [1.807, 2.05) is 11.8 Å². The van der Waals surface area contributed by atoms with Crippen molar-refractivity contribution in [2.24, 2.45) is 5.92 Å². The van der Waals surface area contributed by atoms with E-state index in [2.05, 4.69) is 5.32 Å². The zero-order chi connectivity index (χ0) is 13.7. The standard InChI is InChI=1S/C14H20N2O2S/c1-18-11-2-3-13(15)12(8-11)14(17)16-9-10-4-6-19-7-5-10/h2-3,8,10H,4-7,9,15H2,1H3,(H,16,17). The summed E-state index contributed by atoms with van der Waals surface area (Å²) in [6.45, 7) is 0.732. The van der Waals surface area contributed by atoms with Gasteiger partial charge in [-0.3, -0.25) is 4.79 Å². The fourth-order valence-corrected chi connectivity index (χ4v) is 3.35. The molecule has 0 spiro atoms. The van der Waals surface area contributed by atoms with Crippen LogP contribution in [0, 0.1) is 5.92 Å². The molecule has 0 bridgehead atoms. The second kappa shape index (κ2) is 6.70. The van der Waals surface area contributed by atoms with Crippen LogP contribution in [0.15, 0.2) is 18.2 Å². The van der Waals surface area contributed by atoms with Crippen LogP contribution in [0.2, 0.25) is 0 Å². The number of rotatable bonds is 4. The Hall–Kier alpha value is -1.36. The third-order valence-electron chi connectivity index (χ3n) is 3.40. The lowest BCUT2D eigenvalue weighted by Gasteiger charge is -2.21. The first-order chi connectivity index (χ1) is 9.20. The SMILES string of the molecule is COc1ccc(N)c(C(=O)NCC2CCSCC2)c1. The van der Waals surface area contributed by atoms with E-state index in [0.29, 0.717) is 22.9 Å². The Labute approximate surface area is 118 Å². The first kappa shape index (κ1) is 14.1. The van der Waals surface area contributed by atoms with Gasteiger partial charge in [0.2, 0.25) is 0 Å². The molecule has 19 heavy (non-hydrogen) atoms. The van der Waals surface area contributed by atoms with Crippen LogP contribution in [-0.2, 0) is 0 Å². The molecule has 0 aromatic heterocycles. The Morgan fingerprint density at radius 3 is 2.89 bits per heavy atom. The van der Waals surface area contributed by atoms with E-state index in [9.17, 15) is 4.79 Å². The highest BCUT2D eigenvalue weighted by Crippen LogP contribution is 2.23. The van der Waals surface area contributed by atoms with Crippen molar-refractivity contribution in [2.75, 3.05) is 30.9 Å². The first-order valence-corrected chi connectivity index (χ1v) is 7.65. The summed E-state index contributed by atoms with van der Waals surface area (Å²) in [6, 6.07) is 5.14. The van der Waals surface area contributed by atoms with E-state index < -0.39 is 0 Å². The predicted octanol–water partition coefficient (Wildman–Crippen LogP) is 2.15. The van der Waals surface area contributed by atoms with E-state index in [-0.39, 0.29) is 5.91 Å². The Bertz CT molecular complexity index is 445. The van der Waals surface area contributed by atoms with Gasteiger partial charge in [0, 0.05) is 12.2 Å². The first-order valence-electron chi connectivity index (χ1n) is 6.50. The summed E-state index contributed by atoms with van der Waals surface area (Å²) < 4.78 is 5.12. The third-order valence-corrected chi connectivity index (χ3v) is 4.45. The molecule has 1 aliphatic rings. The number of benzene rings is 1. The molecule has 1 saturated heterocycles. The minimum absolute atomic E-state index is 0.116. The zero-order valence-electron chi connectivity index (χ0n) is 11.1. The molecule has 1 fully saturated rings. The van der Waals surface area contributed by atoms with E-state index in [1.54, 1.807) is 25.3 Å². The minimum atomic E-state index is -0.116. The summed E-state index contributed by atoms with van der Waals surface area (Å²) in [4.78, 5) is 12.1. The Morgan fingerprint density at radius 1 is 1.47 bits per heavy atom. The highest BCUT2D eigenvalue weighted by molar-refractivity contribution is 7.99. The van der Waals surface area contributed by atoms with Crippen LogP contribution < -0.4 is 15.8 Å². The average Bonchev–Trinajstić information content (AvgIpc) is 2.46. The molecule has 4 nitrogen and oxygen atoms in total. The summed E-state index contributed by atoms with van der Waals surface area (Å²) in [6.07, 6.45) is 2.36. The fraction of sp³-hybridized carbons (Fsp3) is 0.500. The molecule has 1 aliphatic heterocycles. The van der Waals surface area contributed by atoms with Gasteiger partial charge in [-0.25, -0.2) is 0 Å². The Kier molecular flexibility index (Phi) is 4.96. The van der Waals surface area contributed by atoms with Crippen molar-refractivity contribution in [3.8, 4) is 5.75 Å². The number of anilines is 1. The lowest BCUT2D eigenvalue weighted by atomic mass is 10.0. The number of nitrogens with one attached hydrogen (secondary N) is 1. The van der Waals surface area contributed by atoms with E-state index in [1.165, 1.54) is 24.3 Å². The smallest absolute Gasteiger partial charge is 0.253 e. The van der Waals surface area contributed by atoms with Gasteiger partial charge in [0.05, 0.1) is 12.7 Å². The number of amides is 1. The molecule has 3 N–H and O–H groups in total. The quantitative estimate of drug-likeness (QED) is 0.830. The topological polar surface area (TPSA) is 64.3 Å². The highest BCUT2D eigenvalue weighted by atomic mass is 32.2. The van der Waals surface area contributed by atoms with Crippen molar-refractivity contribution >= 4 is 23.4 Å². The number of ether oxygens (including phenoxy) is 1. The molecule has 104 valence electrons. The molecule has 5 heteroatoms. The number of hydrogen-bond donors (Lipinski definition) is 2. The number of nitrogen functional groups attached to an aromatic ring is 1. The molecule has 0 aliphatic carbocycles. The van der Waals surface area contributed by atoms with Gasteiger partial charge in [-0.1, -0.05) is 0 Å². The number of methoxy groups -OCH3 is 1. The molecular weight excluding hydrogens is 260 g/mol. The van der Waals surface area contributed by atoms with E-state index >= 15 is 0 Å². The molecule has 1 amide bonds. The van der Waals surface area contributed by atoms with Crippen molar-refractivity contribution in [3.63, 3.8) is 0 Å². The number of carbonyl (C=O) groups excluding carboxylic acids is 1. The summed E-state index contributed by atoms with van der Waals surface area (Å²) in [5.41, 5.74) is 6.81. The van der Waals surface area contributed by atoms with Crippen LogP contribution in [0.4, 0.5) is 5.69 Å². The van der Waals surface area contributed by atoms with Gasteiger partial charge >= 0.3 is 0 Å². The van der Waals surface area contributed by atoms with Crippen LogP contribution in [0.1, 0.15) is 23.2 Å². The lowest BCUT2D eigenvalue weighted by molar-refractivity contribution is 0.0947. The molecule has 1 heterocycles. The maximum atomic E-state index is 12.1. The molecule has 0 unspecified atom stereocenters. The number of nitrogens with two attached hydrogens (primary N) is 1. The summed E-state index contributed by atoms with van der Waals surface area (Å²) in [5, 5.41) is 2.98. The zero-order valence-corrected chi connectivity index (χ0v) is 12.0. The predicted molar refractivity (Wildman–Crippen MR) is 79.8 cm³/mol. The number of carbonyl (C=O) groups is 1. The van der Waals surface area contributed by atoms with Crippen LogP contribution in [-0.4, -0.2) is 31.1 Å². The monoisotopic (exact) mass is 280 g/mol. The molecule has 0 atom stereocenters. The van der Waals surface area contributed by atoms with Crippen molar-refractivity contribution < 1.29 is 9.53 Å². The van der Waals surface area contributed by atoms with Crippen molar-refractivity contribution in [1.29, 1.82) is 0 Å². The summed E-state index contributed by atoms with van der Waals surface area (Å²) in [5.74, 6) is 3.52. The molecule has 2 rings (SSSR count). The van der Waals surface area contributed by atoms with Crippen LogP contribution >= 0.6 is 11.8 Å². The van der Waals surface area contributed by atoms with Crippen molar-refractivity contribution in [1.82, 2.24) is 5.32 Å². The van der Waals surface area contributed by atoms with E-state index in [0.717, 1.165) is 6.54 Å². The highest BCUT2D eigenvalue weighted by Gasteiger charge is 2.16. The molecule has 0 radical (unpaired) electrons. The van der Waals surface area contributed by atoms with Crippen molar-refractivity contribution in [3.05, 3.63) is 23.8 Å². The second-order valence-electron chi connectivity index (χ2n) is 4.72. The van der Waals surface area contributed by atoms with Crippen LogP contribution in [0.25, 0.3) is 0 Å². The number of thioether (sulfide) groups is 1. The molecule has 1 aromatic rings. The maximum Gasteiger partial charge on any atom is 0.253 e. The Balaban J connectivity index is 1.95. The normalized spacial score (nSPS) is 16.1. The third kappa shape index (κ3) is 3.80. The summed E-state index contributed by atoms with van der Waals surface area (Å²) in [7, 11) is 1.58. The van der Waals surface area contributed by atoms with Crippen LogP contribution in [0.3, 0.4) is 0 Å². The van der Waals surface area contributed by atoms with Gasteiger partial charge in [-0.05, 0) is 48.5 Å². The minimum Gasteiger partial charge on any atom is -0.497 e. The Morgan fingerprint density at radius 2 is 2.21 bits per heavy atom. The fourth-order valence-electron chi connectivity index (χ4n) is 2.14. The largest absolute Gasteiger partial charge is 0.497 e. The number of hydrogen-bond acceptors (Lipinski definition) is 4. The molecular formula is C14H20N2O2S. The van der Waals surface area contributed by atoms with Gasteiger partial charge in [0.25, 0.3) is 5.91 Å². The van der Waals surface area contributed by atoms with E-state index in [4.69, 9.17) is 10.5 Å². The molecule has 1 aromatic carbocycles.